The Hall–Kier alpha value is -1.23. The van der Waals surface area contributed by atoms with Crippen LogP contribution in [0.3, 0.4) is 0 Å². The number of halogens is 2. The zero-order valence-electron chi connectivity index (χ0n) is 8.21. The number of rotatable bonds is 0. The average molecular weight is 271 g/mol. The van der Waals surface area contributed by atoms with E-state index in [1.54, 1.807) is 20.0 Å². The first kappa shape index (κ1) is 10.3. The molecule has 1 aromatic heterocycles. The Labute approximate surface area is 93.7 Å². The summed E-state index contributed by atoms with van der Waals surface area (Å²) in [6.07, 6.45) is 0. The van der Waals surface area contributed by atoms with Crippen LogP contribution in [-0.2, 0) is 7.05 Å². The molecular weight excluding hydrogens is 263 g/mol. The van der Waals surface area contributed by atoms with E-state index in [-0.39, 0.29) is 5.56 Å². The summed E-state index contributed by atoms with van der Waals surface area (Å²) in [4.78, 5) is 11.7. The molecule has 78 valence electrons. The molecule has 0 aliphatic rings. The van der Waals surface area contributed by atoms with Gasteiger partial charge in [-0.05, 0) is 19.1 Å². The van der Waals surface area contributed by atoms with E-state index in [9.17, 15) is 9.18 Å². The molecule has 0 aliphatic heterocycles. The van der Waals surface area contributed by atoms with Crippen LogP contribution in [-0.4, -0.2) is 9.78 Å². The van der Waals surface area contributed by atoms with Gasteiger partial charge in [-0.3, -0.25) is 4.79 Å². The molecule has 0 aliphatic carbocycles. The molecule has 0 fully saturated rings. The lowest BCUT2D eigenvalue weighted by Crippen LogP contribution is -2.21. The second-order valence-corrected chi connectivity index (χ2v) is 4.24. The number of hydrogen-bond donors (Lipinski definition) is 0. The van der Waals surface area contributed by atoms with Crippen LogP contribution >= 0.6 is 15.9 Å². The van der Waals surface area contributed by atoms with Gasteiger partial charge in [-0.2, -0.15) is 5.10 Å². The molecule has 2 aromatic rings. The van der Waals surface area contributed by atoms with Crippen molar-refractivity contribution in [2.45, 2.75) is 6.92 Å². The predicted molar refractivity (Wildman–Crippen MR) is 59.4 cm³/mol. The summed E-state index contributed by atoms with van der Waals surface area (Å²) in [5, 5.41) is 4.58. The molecule has 0 radical (unpaired) electrons. The van der Waals surface area contributed by atoms with E-state index < -0.39 is 5.82 Å². The maximum Gasteiger partial charge on any atom is 0.274 e. The van der Waals surface area contributed by atoms with Gasteiger partial charge in [-0.1, -0.05) is 15.9 Å². The standard InChI is InChI=1S/C10H8BrFN2O/c1-5-9-7(10(15)14(2)13-5)3-6(11)4-8(9)12/h3-4H,1-2H3. The highest BCUT2D eigenvalue weighted by Gasteiger charge is 2.11. The van der Waals surface area contributed by atoms with Crippen LogP contribution in [0.2, 0.25) is 0 Å². The smallest absolute Gasteiger partial charge is 0.267 e. The molecule has 1 heterocycles. The van der Waals surface area contributed by atoms with Crippen LogP contribution in [0.15, 0.2) is 21.4 Å². The highest BCUT2D eigenvalue weighted by Crippen LogP contribution is 2.22. The highest BCUT2D eigenvalue weighted by molar-refractivity contribution is 9.10. The third kappa shape index (κ3) is 1.56. The summed E-state index contributed by atoms with van der Waals surface area (Å²) < 4.78 is 15.4. The highest BCUT2D eigenvalue weighted by atomic mass is 79.9. The first-order valence-corrected chi connectivity index (χ1v) is 5.12. The van der Waals surface area contributed by atoms with E-state index in [4.69, 9.17) is 0 Å². The number of aromatic nitrogens is 2. The minimum Gasteiger partial charge on any atom is -0.267 e. The number of nitrogens with zero attached hydrogens (tertiary/aromatic N) is 2. The first-order chi connectivity index (χ1) is 7.00. The Balaban J connectivity index is 3.10. The Morgan fingerprint density at radius 1 is 1.47 bits per heavy atom. The van der Waals surface area contributed by atoms with E-state index in [2.05, 4.69) is 21.0 Å². The van der Waals surface area contributed by atoms with Gasteiger partial charge in [0.05, 0.1) is 11.1 Å². The van der Waals surface area contributed by atoms with Gasteiger partial charge in [-0.15, -0.1) is 0 Å². The van der Waals surface area contributed by atoms with Gasteiger partial charge in [0.15, 0.2) is 0 Å². The monoisotopic (exact) mass is 270 g/mol. The van der Waals surface area contributed by atoms with Crippen molar-refractivity contribution in [2.75, 3.05) is 0 Å². The minimum atomic E-state index is -0.429. The second kappa shape index (κ2) is 3.41. The summed E-state index contributed by atoms with van der Waals surface area (Å²) in [6, 6.07) is 2.94. The van der Waals surface area contributed by atoms with Crippen molar-refractivity contribution >= 4 is 26.7 Å². The molecule has 1 aromatic carbocycles. The molecule has 0 N–H and O–H groups in total. The molecule has 0 saturated carbocycles. The van der Waals surface area contributed by atoms with Gasteiger partial charge < -0.3 is 0 Å². The van der Waals surface area contributed by atoms with E-state index in [1.165, 1.54) is 10.7 Å². The number of benzene rings is 1. The fourth-order valence-electron chi connectivity index (χ4n) is 1.60. The largest absolute Gasteiger partial charge is 0.274 e. The van der Waals surface area contributed by atoms with Crippen molar-refractivity contribution in [3.8, 4) is 0 Å². The number of fused-ring (bicyclic) bond motifs is 1. The summed E-state index contributed by atoms with van der Waals surface area (Å²) in [6.45, 7) is 1.68. The van der Waals surface area contributed by atoms with Crippen molar-refractivity contribution in [3.63, 3.8) is 0 Å². The summed E-state index contributed by atoms with van der Waals surface area (Å²) in [5.74, 6) is -0.429. The first-order valence-electron chi connectivity index (χ1n) is 4.33. The third-order valence-corrected chi connectivity index (χ3v) is 2.70. The van der Waals surface area contributed by atoms with Crippen LogP contribution < -0.4 is 5.56 Å². The van der Waals surface area contributed by atoms with Gasteiger partial charge >= 0.3 is 0 Å². The fraction of sp³-hybridized carbons (Fsp3) is 0.200. The quantitative estimate of drug-likeness (QED) is 0.735. The van der Waals surface area contributed by atoms with E-state index >= 15 is 0 Å². The van der Waals surface area contributed by atoms with Gasteiger partial charge in [0.25, 0.3) is 5.56 Å². The van der Waals surface area contributed by atoms with Gasteiger partial charge in [-0.25, -0.2) is 9.07 Å². The molecule has 3 nitrogen and oxygen atoms in total. The summed E-state index contributed by atoms with van der Waals surface area (Å²) in [5.41, 5.74) is 0.216. The molecule has 0 bridgehead atoms. The minimum absolute atomic E-state index is 0.293. The molecule has 0 atom stereocenters. The predicted octanol–water partition coefficient (Wildman–Crippen LogP) is 2.14. The van der Waals surface area contributed by atoms with Crippen molar-refractivity contribution in [2.24, 2.45) is 7.05 Å². The van der Waals surface area contributed by atoms with E-state index in [0.717, 1.165) is 0 Å². The van der Waals surface area contributed by atoms with Crippen LogP contribution in [0.5, 0.6) is 0 Å². The van der Waals surface area contributed by atoms with Gasteiger partial charge in [0.2, 0.25) is 0 Å². The lowest BCUT2D eigenvalue weighted by Gasteiger charge is -2.05. The molecule has 0 unspecified atom stereocenters. The zero-order chi connectivity index (χ0) is 11.2. The van der Waals surface area contributed by atoms with Crippen molar-refractivity contribution < 1.29 is 4.39 Å². The van der Waals surface area contributed by atoms with Crippen LogP contribution in [0, 0.1) is 12.7 Å². The third-order valence-electron chi connectivity index (χ3n) is 2.24. The average Bonchev–Trinajstić information content (AvgIpc) is 2.12. The van der Waals surface area contributed by atoms with Gasteiger partial charge in [0.1, 0.15) is 5.82 Å². The van der Waals surface area contributed by atoms with Gasteiger partial charge in [0, 0.05) is 16.9 Å². The van der Waals surface area contributed by atoms with E-state index in [0.29, 0.717) is 20.9 Å². The molecule has 5 heteroatoms. The normalized spacial score (nSPS) is 10.9. The number of hydrogen-bond acceptors (Lipinski definition) is 2. The van der Waals surface area contributed by atoms with Crippen LogP contribution in [0.1, 0.15) is 5.69 Å². The molecular formula is C10H8BrFN2O. The molecule has 2 rings (SSSR count). The summed E-state index contributed by atoms with van der Waals surface area (Å²) >= 11 is 3.16. The maximum absolute atomic E-state index is 13.6. The Morgan fingerprint density at radius 2 is 2.13 bits per heavy atom. The van der Waals surface area contributed by atoms with Crippen molar-refractivity contribution in [1.82, 2.24) is 9.78 Å². The fourth-order valence-corrected chi connectivity index (χ4v) is 2.03. The molecule has 0 amide bonds. The van der Waals surface area contributed by atoms with Crippen LogP contribution in [0.25, 0.3) is 10.8 Å². The van der Waals surface area contributed by atoms with Crippen molar-refractivity contribution in [3.05, 3.63) is 38.5 Å². The molecule has 0 saturated heterocycles. The molecule has 0 spiro atoms. The molecule has 15 heavy (non-hydrogen) atoms. The zero-order valence-corrected chi connectivity index (χ0v) is 9.80. The topological polar surface area (TPSA) is 34.9 Å². The Bertz CT molecular complexity index is 598. The Kier molecular flexibility index (Phi) is 2.34. The SMILES string of the molecule is Cc1nn(C)c(=O)c2cc(Br)cc(F)c12. The maximum atomic E-state index is 13.6. The lowest BCUT2D eigenvalue weighted by molar-refractivity contribution is 0.633. The summed E-state index contributed by atoms with van der Waals surface area (Å²) in [7, 11) is 1.55. The van der Waals surface area contributed by atoms with E-state index in [1.807, 2.05) is 0 Å². The Morgan fingerprint density at radius 3 is 2.80 bits per heavy atom. The lowest BCUT2D eigenvalue weighted by atomic mass is 10.1. The van der Waals surface area contributed by atoms with Crippen molar-refractivity contribution in [1.29, 1.82) is 0 Å². The second-order valence-electron chi connectivity index (χ2n) is 3.32. The van der Waals surface area contributed by atoms with Crippen LogP contribution in [0.4, 0.5) is 4.39 Å². The number of aryl methyl sites for hydroxylation is 2.